The summed E-state index contributed by atoms with van der Waals surface area (Å²) in [6.45, 7) is 20.9. The lowest BCUT2D eigenvalue weighted by atomic mass is 9.81. The Balaban J connectivity index is 0. The molecular formula is C26H53N3O4. The maximum absolute atomic E-state index is 12.1. The number of ether oxygens (including phenoxy) is 1. The van der Waals surface area contributed by atoms with Gasteiger partial charge < -0.3 is 20.7 Å². The molecule has 2 amide bonds. The van der Waals surface area contributed by atoms with Gasteiger partial charge in [0.25, 0.3) is 0 Å². The molecule has 0 bridgehead atoms. The van der Waals surface area contributed by atoms with Crippen LogP contribution in [0.2, 0.25) is 0 Å². The van der Waals surface area contributed by atoms with Crippen LogP contribution < -0.4 is 16.0 Å². The van der Waals surface area contributed by atoms with Gasteiger partial charge in [0.05, 0.1) is 23.7 Å². The van der Waals surface area contributed by atoms with Gasteiger partial charge in [-0.1, -0.05) is 41.0 Å². The number of carbonyl (C=O) groups excluding carboxylic acids is 3. The molecule has 7 heteroatoms. The van der Waals surface area contributed by atoms with Gasteiger partial charge in [0, 0.05) is 25.9 Å². The fourth-order valence-electron chi connectivity index (χ4n) is 3.18. The first-order valence-electron chi connectivity index (χ1n) is 12.3. The van der Waals surface area contributed by atoms with Crippen LogP contribution in [0.15, 0.2) is 0 Å². The first-order valence-corrected chi connectivity index (χ1v) is 12.3. The highest BCUT2D eigenvalue weighted by Crippen LogP contribution is 2.28. The smallest absolute Gasteiger partial charge is 0.237 e. The number of hydrogen-bond donors (Lipinski definition) is 3. The quantitative estimate of drug-likeness (QED) is 0.376. The van der Waals surface area contributed by atoms with Crippen molar-refractivity contribution in [2.24, 2.45) is 16.7 Å². The molecule has 0 aliphatic rings. The van der Waals surface area contributed by atoms with E-state index in [0.717, 1.165) is 19.3 Å². The van der Waals surface area contributed by atoms with Crippen LogP contribution in [0, 0.1) is 16.7 Å². The molecule has 0 aliphatic carbocycles. The molecule has 1 unspecified atom stereocenters. The second kappa shape index (κ2) is 15.4. The molecule has 0 aromatic heterocycles. The number of carbonyl (C=O) groups is 3. The SMILES string of the molecule is CCCC(C)(C)CC(NC)C(=O)NCCC(=O)C(C)C.CNC(=O)C(C)(C)COC(C)(C)C. The van der Waals surface area contributed by atoms with E-state index in [9.17, 15) is 14.4 Å². The van der Waals surface area contributed by atoms with Crippen LogP contribution >= 0.6 is 0 Å². The van der Waals surface area contributed by atoms with Crippen LogP contribution in [0.4, 0.5) is 0 Å². The van der Waals surface area contributed by atoms with Crippen molar-refractivity contribution in [1.82, 2.24) is 16.0 Å². The van der Waals surface area contributed by atoms with Gasteiger partial charge >= 0.3 is 0 Å². The molecule has 0 spiro atoms. The van der Waals surface area contributed by atoms with E-state index in [0.29, 0.717) is 19.6 Å². The Kier molecular flexibility index (Phi) is 15.8. The summed E-state index contributed by atoms with van der Waals surface area (Å²) >= 11 is 0. The van der Waals surface area contributed by atoms with Crippen molar-refractivity contribution in [3.8, 4) is 0 Å². The lowest BCUT2D eigenvalue weighted by Crippen LogP contribution is -2.45. The molecular weight excluding hydrogens is 418 g/mol. The molecule has 1 atom stereocenters. The number of hydrogen-bond acceptors (Lipinski definition) is 5. The van der Waals surface area contributed by atoms with Gasteiger partial charge in [-0.2, -0.15) is 0 Å². The molecule has 196 valence electrons. The summed E-state index contributed by atoms with van der Waals surface area (Å²) < 4.78 is 5.56. The van der Waals surface area contributed by atoms with E-state index < -0.39 is 5.41 Å². The fourth-order valence-corrected chi connectivity index (χ4v) is 3.18. The van der Waals surface area contributed by atoms with E-state index in [1.165, 1.54) is 0 Å². The van der Waals surface area contributed by atoms with Crippen molar-refractivity contribution >= 4 is 17.6 Å². The van der Waals surface area contributed by atoms with Gasteiger partial charge in [0.1, 0.15) is 5.78 Å². The van der Waals surface area contributed by atoms with Gasteiger partial charge in [0.15, 0.2) is 0 Å². The Hall–Kier alpha value is -1.47. The van der Waals surface area contributed by atoms with Gasteiger partial charge in [-0.15, -0.1) is 0 Å². The van der Waals surface area contributed by atoms with Crippen LogP contribution in [0.5, 0.6) is 0 Å². The lowest BCUT2D eigenvalue weighted by Gasteiger charge is -2.28. The second-order valence-corrected chi connectivity index (χ2v) is 11.5. The zero-order valence-corrected chi connectivity index (χ0v) is 23.5. The highest BCUT2D eigenvalue weighted by Gasteiger charge is 2.29. The molecule has 0 saturated heterocycles. The van der Waals surface area contributed by atoms with Crippen molar-refractivity contribution in [3.05, 3.63) is 0 Å². The molecule has 0 rings (SSSR count). The molecule has 0 fully saturated rings. The van der Waals surface area contributed by atoms with Crippen molar-refractivity contribution < 1.29 is 19.1 Å². The number of ketones is 1. The van der Waals surface area contributed by atoms with Gasteiger partial charge in [-0.05, 0) is 59.9 Å². The summed E-state index contributed by atoms with van der Waals surface area (Å²) in [5.41, 5.74) is -0.499. The van der Waals surface area contributed by atoms with Crippen LogP contribution in [0.25, 0.3) is 0 Å². The lowest BCUT2D eigenvalue weighted by molar-refractivity contribution is -0.135. The highest BCUT2D eigenvalue weighted by molar-refractivity contribution is 5.84. The van der Waals surface area contributed by atoms with E-state index in [-0.39, 0.29) is 40.6 Å². The summed E-state index contributed by atoms with van der Waals surface area (Å²) in [4.78, 5) is 35.0. The zero-order valence-electron chi connectivity index (χ0n) is 23.5. The van der Waals surface area contributed by atoms with Gasteiger partial charge in [-0.3, -0.25) is 14.4 Å². The molecule has 0 aliphatic heterocycles. The maximum atomic E-state index is 12.1. The molecule has 0 radical (unpaired) electrons. The molecule has 33 heavy (non-hydrogen) atoms. The topological polar surface area (TPSA) is 96.5 Å². The fraction of sp³-hybridized carbons (Fsp3) is 0.885. The minimum absolute atomic E-state index is 0.00626. The number of Topliss-reactive ketones (excluding diaryl/α,β-unsaturated/α-hetero) is 1. The monoisotopic (exact) mass is 471 g/mol. The summed E-state index contributed by atoms with van der Waals surface area (Å²) in [6.07, 6.45) is 3.44. The molecule has 7 nitrogen and oxygen atoms in total. The Morgan fingerprint density at radius 3 is 1.88 bits per heavy atom. The van der Waals surface area contributed by atoms with E-state index in [2.05, 4.69) is 36.7 Å². The van der Waals surface area contributed by atoms with Crippen LogP contribution in [-0.2, 0) is 19.1 Å². The average Bonchev–Trinajstić information content (AvgIpc) is 2.69. The predicted octanol–water partition coefficient (Wildman–Crippen LogP) is 4.10. The van der Waals surface area contributed by atoms with Crippen LogP contribution in [0.3, 0.4) is 0 Å². The van der Waals surface area contributed by atoms with Crippen LogP contribution in [0.1, 0.15) is 94.9 Å². The van der Waals surface area contributed by atoms with Crippen molar-refractivity contribution in [2.45, 2.75) is 107 Å². The van der Waals surface area contributed by atoms with Crippen LogP contribution in [-0.4, -0.2) is 56.5 Å². The molecule has 3 N–H and O–H groups in total. The minimum atomic E-state index is -0.456. The predicted molar refractivity (Wildman–Crippen MR) is 137 cm³/mol. The molecule has 0 aromatic carbocycles. The number of nitrogens with one attached hydrogen (secondary N) is 3. The van der Waals surface area contributed by atoms with Crippen molar-refractivity contribution in [2.75, 3.05) is 27.2 Å². The van der Waals surface area contributed by atoms with Gasteiger partial charge in [-0.25, -0.2) is 0 Å². The summed E-state index contributed by atoms with van der Waals surface area (Å²) in [5.74, 6) is 0.234. The number of likely N-dealkylation sites (N-methyl/N-ethyl adjacent to an activating group) is 1. The van der Waals surface area contributed by atoms with E-state index >= 15 is 0 Å². The van der Waals surface area contributed by atoms with E-state index in [4.69, 9.17) is 4.74 Å². The van der Waals surface area contributed by atoms with Gasteiger partial charge in [0.2, 0.25) is 11.8 Å². The highest BCUT2D eigenvalue weighted by atomic mass is 16.5. The molecule has 0 heterocycles. The summed E-state index contributed by atoms with van der Waals surface area (Å²) in [6, 6.07) is -0.189. The largest absolute Gasteiger partial charge is 0.375 e. The first-order chi connectivity index (χ1) is 14.9. The number of rotatable bonds is 13. The average molecular weight is 472 g/mol. The van der Waals surface area contributed by atoms with E-state index in [1.807, 2.05) is 55.5 Å². The Bertz CT molecular complexity index is 593. The van der Waals surface area contributed by atoms with Crippen molar-refractivity contribution in [3.63, 3.8) is 0 Å². The Morgan fingerprint density at radius 1 is 0.939 bits per heavy atom. The normalized spacial score (nSPS) is 13.1. The third kappa shape index (κ3) is 16.7. The molecule has 0 aromatic rings. The third-order valence-corrected chi connectivity index (χ3v) is 5.37. The summed E-state index contributed by atoms with van der Waals surface area (Å²) in [5, 5.41) is 8.56. The first kappa shape index (κ1) is 33.7. The Morgan fingerprint density at radius 2 is 1.48 bits per heavy atom. The standard InChI is InChI=1S/C16H32N2O2.C10H21NO2/c1-7-9-16(4,5)11-13(17-6)15(20)18-10-8-14(19)12(2)3;1-9(2,3)13-7-10(4,5)8(12)11-6/h12-13,17H,7-11H2,1-6H3,(H,18,20);7H2,1-6H3,(H,11,12). The maximum Gasteiger partial charge on any atom is 0.237 e. The second-order valence-electron chi connectivity index (χ2n) is 11.5. The van der Waals surface area contributed by atoms with E-state index in [1.54, 1.807) is 7.05 Å². The molecule has 0 saturated carbocycles. The Labute approximate surface area is 203 Å². The minimum Gasteiger partial charge on any atom is -0.375 e. The summed E-state index contributed by atoms with van der Waals surface area (Å²) in [7, 11) is 3.45. The van der Waals surface area contributed by atoms with Crippen molar-refractivity contribution in [1.29, 1.82) is 0 Å². The number of amides is 2. The third-order valence-electron chi connectivity index (χ3n) is 5.37. The zero-order chi connectivity index (χ0) is 26.5.